The molecule has 236 valence electrons. The highest BCUT2D eigenvalue weighted by Gasteiger charge is 2.18. The van der Waals surface area contributed by atoms with Crippen LogP contribution in [0.5, 0.6) is 0 Å². The lowest BCUT2D eigenvalue weighted by molar-refractivity contribution is -0.133. The van der Waals surface area contributed by atoms with Crippen molar-refractivity contribution < 1.29 is 29.1 Å². The Labute approximate surface area is 280 Å². The molecule has 0 saturated heterocycles. The molecule has 0 bridgehead atoms. The van der Waals surface area contributed by atoms with Crippen LogP contribution in [0.4, 0.5) is 0 Å². The van der Waals surface area contributed by atoms with Crippen molar-refractivity contribution in [2.24, 2.45) is 0 Å². The summed E-state index contributed by atoms with van der Waals surface area (Å²) >= 11 is 1.31. The number of hydrogen-bond donors (Lipinski definition) is 2. The Hall–Kier alpha value is -7.22. The van der Waals surface area contributed by atoms with Crippen molar-refractivity contribution in [3.8, 4) is 45.2 Å². The maximum absolute atomic E-state index is 11.0. The van der Waals surface area contributed by atoms with Crippen LogP contribution in [0.1, 0.15) is 10.6 Å². The number of aromatic nitrogens is 4. The number of thiophene rings is 1. The minimum absolute atomic E-state index is 0.203. The summed E-state index contributed by atoms with van der Waals surface area (Å²) < 4.78 is 9.65. The van der Waals surface area contributed by atoms with Crippen molar-refractivity contribution in [2.45, 2.75) is 0 Å². The third kappa shape index (κ3) is 6.97. The van der Waals surface area contributed by atoms with E-state index in [9.17, 15) is 9.59 Å². The zero-order chi connectivity index (χ0) is 34.3. The fraction of sp³-hybridized carbons (Fsp3) is 0. The van der Waals surface area contributed by atoms with Gasteiger partial charge in [-0.3, -0.25) is 0 Å². The van der Waals surface area contributed by atoms with Crippen molar-refractivity contribution in [2.75, 3.05) is 0 Å². The van der Waals surface area contributed by atoms with Gasteiger partial charge in [0.15, 0.2) is 5.69 Å². The van der Waals surface area contributed by atoms with Gasteiger partial charge in [-0.2, -0.15) is 10.5 Å². The molecule has 3 heterocycles. The molecule has 0 aliphatic carbocycles. The van der Waals surface area contributed by atoms with Crippen LogP contribution in [0, 0.1) is 22.7 Å². The molecular formula is C36H20N6O6S. The van der Waals surface area contributed by atoms with Crippen molar-refractivity contribution in [3.63, 3.8) is 0 Å². The van der Waals surface area contributed by atoms with Gasteiger partial charge in [0.2, 0.25) is 0 Å². The minimum Gasteiger partial charge on any atom is -0.477 e. The third-order valence-electron chi connectivity index (χ3n) is 7.18. The minimum atomic E-state index is -1.32. The molecule has 7 aromatic rings. The standard InChI is InChI=1S/C20H11N3O3S.C16H9N3O3/c21-11-15(20(24)25)10-16-7-8-17(27-16)19-18(22-26-23-19)14-6-5-12-3-1-2-4-13(12)9-14;17-9-13(16(20)21)8-14-15(19-22-18-14)12-6-5-10-3-1-2-4-11(10)7-12/h1-10H,(H,24,25);1-8H,(H,20,21)/b15-10+;13-8+. The van der Waals surface area contributed by atoms with Gasteiger partial charge in [-0.05, 0) is 78.6 Å². The molecule has 0 atom stereocenters. The molecule has 0 aliphatic rings. The van der Waals surface area contributed by atoms with E-state index in [4.69, 9.17) is 30.0 Å². The summed E-state index contributed by atoms with van der Waals surface area (Å²) in [5.41, 5.74) is 2.62. The summed E-state index contributed by atoms with van der Waals surface area (Å²) in [6.07, 6.45) is 2.48. The van der Waals surface area contributed by atoms with Crippen LogP contribution in [-0.4, -0.2) is 42.8 Å². The Balaban J connectivity index is 0.000000174. The van der Waals surface area contributed by atoms with Gasteiger partial charge in [0.1, 0.15) is 40.4 Å². The largest absolute Gasteiger partial charge is 0.477 e. The smallest absolute Gasteiger partial charge is 0.346 e. The number of benzene rings is 4. The van der Waals surface area contributed by atoms with Crippen LogP contribution in [0.25, 0.3) is 66.8 Å². The van der Waals surface area contributed by atoms with E-state index in [0.29, 0.717) is 22.0 Å². The molecule has 0 saturated carbocycles. The zero-order valence-electron chi connectivity index (χ0n) is 25.0. The number of rotatable bonds is 7. The number of hydrogen-bond acceptors (Lipinski definition) is 11. The molecule has 0 radical (unpaired) electrons. The Morgan fingerprint density at radius 1 is 0.612 bits per heavy atom. The fourth-order valence-corrected chi connectivity index (χ4v) is 5.76. The lowest BCUT2D eigenvalue weighted by atomic mass is 10.0. The summed E-state index contributed by atoms with van der Waals surface area (Å²) in [4.78, 5) is 23.3. The Bertz CT molecular complexity index is 2510. The van der Waals surface area contributed by atoms with Crippen LogP contribution in [-0.2, 0) is 9.59 Å². The van der Waals surface area contributed by atoms with Crippen LogP contribution in [0.2, 0.25) is 0 Å². The predicted molar refractivity (Wildman–Crippen MR) is 180 cm³/mol. The van der Waals surface area contributed by atoms with Gasteiger partial charge in [-0.15, -0.1) is 11.3 Å². The number of carboxylic acid groups (broad SMARTS) is 2. The van der Waals surface area contributed by atoms with Crippen LogP contribution < -0.4 is 0 Å². The SMILES string of the molecule is N#C/C(=C\c1ccc(-c2nonc2-c2ccc3ccccc3c2)s1)C(=O)O.N#C/C(=C\c1nonc1-c1ccc2ccccc2c1)C(=O)O. The van der Waals surface area contributed by atoms with Crippen LogP contribution in [0.15, 0.2) is 117 Å². The molecule has 49 heavy (non-hydrogen) atoms. The lowest BCUT2D eigenvalue weighted by Gasteiger charge is -2.01. The van der Waals surface area contributed by atoms with E-state index < -0.39 is 17.5 Å². The highest BCUT2D eigenvalue weighted by Crippen LogP contribution is 2.35. The van der Waals surface area contributed by atoms with Crippen LogP contribution in [0.3, 0.4) is 0 Å². The van der Waals surface area contributed by atoms with E-state index >= 15 is 0 Å². The molecule has 13 heteroatoms. The maximum atomic E-state index is 11.0. The van der Waals surface area contributed by atoms with Gasteiger partial charge < -0.3 is 10.2 Å². The topological polar surface area (TPSA) is 200 Å². The zero-order valence-corrected chi connectivity index (χ0v) is 25.8. The van der Waals surface area contributed by atoms with Crippen LogP contribution >= 0.6 is 11.3 Å². The van der Waals surface area contributed by atoms with Gasteiger partial charge in [0.05, 0.1) is 4.88 Å². The maximum Gasteiger partial charge on any atom is 0.346 e. The molecule has 0 spiro atoms. The number of aliphatic carboxylic acids is 2. The van der Waals surface area contributed by atoms with Crippen molar-refractivity contribution in [1.82, 2.24) is 20.6 Å². The van der Waals surface area contributed by atoms with Gasteiger partial charge >= 0.3 is 11.9 Å². The molecule has 0 unspecified atom stereocenters. The van der Waals surface area contributed by atoms with E-state index in [-0.39, 0.29) is 11.3 Å². The average molecular weight is 665 g/mol. The highest BCUT2D eigenvalue weighted by atomic mass is 32.1. The monoisotopic (exact) mass is 664 g/mol. The summed E-state index contributed by atoms with van der Waals surface area (Å²) in [6, 6.07) is 34.3. The Kier molecular flexibility index (Phi) is 9.10. The Morgan fingerprint density at radius 2 is 1.12 bits per heavy atom. The fourth-order valence-electron chi connectivity index (χ4n) is 4.82. The first-order valence-electron chi connectivity index (χ1n) is 14.3. The predicted octanol–water partition coefficient (Wildman–Crippen LogP) is 7.49. The van der Waals surface area contributed by atoms with Gasteiger partial charge in [-0.1, -0.05) is 72.8 Å². The quantitative estimate of drug-likeness (QED) is 0.126. The molecule has 2 N–H and O–H groups in total. The van der Waals surface area contributed by atoms with Crippen molar-refractivity contribution in [3.05, 3.63) is 119 Å². The normalized spacial score (nSPS) is 11.4. The molecule has 3 aromatic heterocycles. The number of carbonyl (C=O) groups is 2. The first-order chi connectivity index (χ1) is 23.8. The molecule has 12 nitrogen and oxygen atoms in total. The van der Waals surface area contributed by atoms with Crippen molar-refractivity contribution in [1.29, 1.82) is 10.5 Å². The van der Waals surface area contributed by atoms with E-state index in [2.05, 4.69) is 20.6 Å². The van der Waals surface area contributed by atoms with E-state index in [1.165, 1.54) is 17.4 Å². The number of carboxylic acids is 2. The van der Waals surface area contributed by atoms with Crippen molar-refractivity contribution >= 4 is 57.0 Å². The van der Waals surface area contributed by atoms with E-state index in [1.54, 1.807) is 24.3 Å². The van der Waals surface area contributed by atoms with E-state index in [0.717, 1.165) is 43.6 Å². The highest BCUT2D eigenvalue weighted by molar-refractivity contribution is 7.16. The first-order valence-corrected chi connectivity index (χ1v) is 15.1. The number of nitrogens with zero attached hydrogens (tertiary/aromatic N) is 6. The summed E-state index contributed by atoms with van der Waals surface area (Å²) in [5, 5.41) is 55.4. The molecule has 4 aromatic carbocycles. The van der Waals surface area contributed by atoms with Gasteiger partial charge in [-0.25, -0.2) is 18.8 Å². The Morgan fingerprint density at radius 3 is 1.71 bits per heavy atom. The number of fused-ring (bicyclic) bond motifs is 2. The molecule has 7 rings (SSSR count). The molecule has 0 amide bonds. The summed E-state index contributed by atoms with van der Waals surface area (Å²) in [7, 11) is 0. The second kappa shape index (κ2) is 14.0. The molecular weight excluding hydrogens is 644 g/mol. The van der Waals surface area contributed by atoms with E-state index in [1.807, 2.05) is 84.9 Å². The first kappa shape index (κ1) is 31.7. The third-order valence-corrected chi connectivity index (χ3v) is 8.22. The lowest BCUT2D eigenvalue weighted by Crippen LogP contribution is -1.97. The van der Waals surface area contributed by atoms with Gasteiger partial charge in [0, 0.05) is 16.0 Å². The molecule has 0 fully saturated rings. The van der Waals surface area contributed by atoms with Gasteiger partial charge in [0.25, 0.3) is 0 Å². The summed E-state index contributed by atoms with van der Waals surface area (Å²) in [6.45, 7) is 0. The molecule has 0 aliphatic heterocycles. The average Bonchev–Trinajstić information content (AvgIpc) is 3.90. The summed E-state index contributed by atoms with van der Waals surface area (Å²) in [5.74, 6) is -2.58. The number of nitriles is 2. The second-order valence-electron chi connectivity index (χ2n) is 10.2. The second-order valence-corrected chi connectivity index (χ2v) is 11.4.